The van der Waals surface area contributed by atoms with Gasteiger partial charge < -0.3 is 15.3 Å². The molecule has 1 aliphatic heterocycles. The molecule has 9 heteroatoms. The second-order valence-corrected chi connectivity index (χ2v) is 8.01. The summed E-state index contributed by atoms with van der Waals surface area (Å²) in [5.74, 6) is -0.935. The molecule has 0 aliphatic carbocycles. The van der Waals surface area contributed by atoms with E-state index in [1.165, 1.54) is 18.0 Å². The molecule has 0 aromatic heterocycles. The lowest BCUT2D eigenvalue weighted by Gasteiger charge is -2.20. The molecule has 1 atom stereocenters. The number of hydrogen-bond donors (Lipinski definition) is 3. The molecule has 1 unspecified atom stereocenters. The molecule has 1 heterocycles. The Morgan fingerprint density at radius 1 is 1.33 bits per heavy atom. The van der Waals surface area contributed by atoms with E-state index in [1.807, 2.05) is 0 Å². The number of nitrogens with zero attached hydrogens (tertiary/aromatic N) is 1. The second kappa shape index (κ2) is 6.40. The van der Waals surface area contributed by atoms with Crippen LogP contribution >= 0.6 is 0 Å². The van der Waals surface area contributed by atoms with Gasteiger partial charge in [-0.15, -0.1) is 0 Å². The third-order valence-corrected chi connectivity index (χ3v) is 5.83. The van der Waals surface area contributed by atoms with Crippen LogP contribution in [0, 0.1) is 12.3 Å². The highest BCUT2D eigenvalue weighted by atomic mass is 32.2. The van der Waals surface area contributed by atoms with Crippen molar-refractivity contribution >= 4 is 27.7 Å². The number of benzene rings is 1. The molecule has 8 nitrogen and oxygen atoms in total. The first-order chi connectivity index (χ1) is 11.1. The predicted molar refractivity (Wildman–Crippen MR) is 88.4 cm³/mol. The Labute approximate surface area is 140 Å². The molecule has 1 aliphatic rings. The fraction of sp³-hybridized carbons (Fsp3) is 0.467. The van der Waals surface area contributed by atoms with Gasteiger partial charge in [-0.25, -0.2) is 17.9 Å². The van der Waals surface area contributed by atoms with Crippen molar-refractivity contribution < 1.29 is 23.1 Å². The minimum Gasteiger partial charge on any atom is -0.481 e. The number of carbonyl (C=O) groups is 2. The van der Waals surface area contributed by atoms with Crippen LogP contribution < -0.4 is 10.0 Å². The largest absolute Gasteiger partial charge is 0.481 e. The van der Waals surface area contributed by atoms with Crippen LogP contribution in [-0.4, -0.2) is 50.6 Å². The third-order valence-electron chi connectivity index (χ3n) is 4.27. The molecular formula is C15H21N3O5S. The molecule has 1 fully saturated rings. The van der Waals surface area contributed by atoms with Crippen LogP contribution in [0.25, 0.3) is 0 Å². The van der Waals surface area contributed by atoms with Gasteiger partial charge in [0.1, 0.15) is 0 Å². The average molecular weight is 355 g/mol. The number of hydrogen-bond acceptors (Lipinski definition) is 4. The van der Waals surface area contributed by atoms with Crippen molar-refractivity contribution in [1.82, 2.24) is 9.62 Å². The normalized spacial score (nSPS) is 20.9. The van der Waals surface area contributed by atoms with E-state index in [1.54, 1.807) is 26.0 Å². The van der Waals surface area contributed by atoms with Crippen LogP contribution in [0.2, 0.25) is 0 Å². The summed E-state index contributed by atoms with van der Waals surface area (Å²) in [5.41, 5.74) is -0.0593. The van der Waals surface area contributed by atoms with E-state index in [4.69, 9.17) is 0 Å². The molecule has 1 aromatic rings. The topological polar surface area (TPSA) is 116 Å². The summed E-state index contributed by atoms with van der Waals surface area (Å²) < 4.78 is 26.2. The number of likely N-dealkylation sites (tertiary alicyclic amines) is 1. The molecular weight excluding hydrogens is 334 g/mol. The maximum atomic E-state index is 12.3. The van der Waals surface area contributed by atoms with Gasteiger partial charge >= 0.3 is 12.0 Å². The SMILES string of the molecule is CNS(=O)(=O)c1cc(NC(=O)N2CCC(C)(C(=O)O)C2)ccc1C. The van der Waals surface area contributed by atoms with Gasteiger partial charge in [-0.3, -0.25) is 4.79 Å². The Morgan fingerprint density at radius 2 is 2.00 bits per heavy atom. The van der Waals surface area contributed by atoms with E-state index in [9.17, 15) is 23.1 Å². The van der Waals surface area contributed by atoms with E-state index in [-0.39, 0.29) is 11.4 Å². The molecule has 132 valence electrons. The number of urea groups is 1. The van der Waals surface area contributed by atoms with Gasteiger partial charge in [0.15, 0.2) is 0 Å². The molecule has 24 heavy (non-hydrogen) atoms. The minimum absolute atomic E-state index is 0.0830. The standard InChI is InChI=1S/C15H21N3O5S/c1-10-4-5-11(8-12(10)24(22,23)16-3)17-14(21)18-7-6-15(2,9-18)13(19)20/h4-5,8,16H,6-7,9H2,1-3H3,(H,17,21)(H,19,20). The van der Waals surface area contributed by atoms with E-state index < -0.39 is 27.4 Å². The van der Waals surface area contributed by atoms with Crippen LogP contribution in [0.1, 0.15) is 18.9 Å². The number of sulfonamides is 1. The number of aliphatic carboxylic acids is 1. The lowest BCUT2D eigenvalue weighted by atomic mass is 9.90. The predicted octanol–water partition coefficient (Wildman–Crippen LogP) is 1.23. The van der Waals surface area contributed by atoms with Crippen LogP contribution in [0.15, 0.2) is 23.1 Å². The summed E-state index contributed by atoms with van der Waals surface area (Å²) in [7, 11) is -2.31. The monoisotopic (exact) mass is 355 g/mol. The smallest absolute Gasteiger partial charge is 0.321 e. The molecule has 2 rings (SSSR count). The van der Waals surface area contributed by atoms with Crippen LogP contribution in [-0.2, 0) is 14.8 Å². The fourth-order valence-corrected chi connectivity index (χ4v) is 3.58. The number of nitrogens with one attached hydrogen (secondary N) is 2. The fourth-order valence-electron chi connectivity index (χ4n) is 2.59. The van der Waals surface area contributed by atoms with Crippen molar-refractivity contribution in [3.63, 3.8) is 0 Å². The Hall–Kier alpha value is -2.13. The zero-order valence-corrected chi connectivity index (χ0v) is 14.6. The van der Waals surface area contributed by atoms with E-state index >= 15 is 0 Å². The Morgan fingerprint density at radius 3 is 2.54 bits per heavy atom. The minimum atomic E-state index is -3.63. The first-order valence-corrected chi connectivity index (χ1v) is 8.91. The van der Waals surface area contributed by atoms with Gasteiger partial charge in [-0.05, 0) is 45.0 Å². The van der Waals surface area contributed by atoms with Gasteiger partial charge in [0.25, 0.3) is 0 Å². The van der Waals surface area contributed by atoms with Crippen LogP contribution in [0.5, 0.6) is 0 Å². The van der Waals surface area contributed by atoms with Gasteiger partial charge in [0.2, 0.25) is 10.0 Å². The number of carboxylic acids is 1. The van der Waals surface area contributed by atoms with Crippen molar-refractivity contribution in [2.75, 3.05) is 25.5 Å². The zero-order chi connectivity index (χ0) is 18.1. The Kier molecular flexibility index (Phi) is 4.86. The lowest BCUT2D eigenvalue weighted by Crippen LogP contribution is -2.37. The third kappa shape index (κ3) is 3.51. The number of carbonyl (C=O) groups excluding carboxylic acids is 1. The van der Waals surface area contributed by atoms with Crippen molar-refractivity contribution in [3.8, 4) is 0 Å². The van der Waals surface area contributed by atoms with Crippen LogP contribution in [0.3, 0.4) is 0 Å². The van der Waals surface area contributed by atoms with Crippen molar-refractivity contribution in [2.45, 2.75) is 25.2 Å². The maximum absolute atomic E-state index is 12.3. The molecule has 2 amide bonds. The average Bonchev–Trinajstić information content (AvgIpc) is 2.93. The van der Waals surface area contributed by atoms with Crippen molar-refractivity contribution in [2.24, 2.45) is 5.41 Å². The first-order valence-electron chi connectivity index (χ1n) is 7.42. The summed E-state index contributed by atoms with van der Waals surface area (Å²) in [6, 6.07) is 4.14. The molecule has 0 bridgehead atoms. The van der Waals surface area contributed by atoms with Crippen LogP contribution in [0.4, 0.5) is 10.5 Å². The van der Waals surface area contributed by atoms with E-state index in [0.29, 0.717) is 24.2 Å². The highest BCUT2D eigenvalue weighted by Crippen LogP contribution is 2.30. The molecule has 1 saturated heterocycles. The number of carboxylic acid groups (broad SMARTS) is 1. The number of anilines is 1. The molecule has 0 spiro atoms. The number of aryl methyl sites for hydroxylation is 1. The summed E-state index contributed by atoms with van der Waals surface area (Å²) >= 11 is 0. The molecule has 0 saturated carbocycles. The Bertz CT molecular complexity index is 777. The van der Waals surface area contributed by atoms with Gasteiger partial charge in [0, 0.05) is 18.8 Å². The quantitative estimate of drug-likeness (QED) is 0.751. The summed E-state index contributed by atoms with van der Waals surface area (Å²) in [6.45, 7) is 3.71. The number of rotatable bonds is 4. The summed E-state index contributed by atoms with van der Waals surface area (Å²) in [6.07, 6.45) is 0.378. The van der Waals surface area contributed by atoms with Crippen molar-refractivity contribution in [1.29, 1.82) is 0 Å². The molecule has 0 radical (unpaired) electrons. The van der Waals surface area contributed by atoms with E-state index in [0.717, 1.165) is 0 Å². The summed E-state index contributed by atoms with van der Waals surface area (Å²) in [4.78, 5) is 25.0. The maximum Gasteiger partial charge on any atom is 0.321 e. The second-order valence-electron chi connectivity index (χ2n) is 6.16. The van der Waals surface area contributed by atoms with Gasteiger partial charge in [0.05, 0.1) is 10.3 Å². The van der Waals surface area contributed by atoms with Crippen molar-refractivity contribution in [3.05, 3.63) is 23.8 Å². The molecule has 1 aromatic carbocycles. The highest BCUT2D eigenvalue weighted by molar-refractivity contribution is 7.89. The van der Waals surface area contributed by atoms with Gasteiger partial charge in [-0.1, -0.05) is 6.07 Å². The summed E-state index contributed by atoms with van der Waals surface area (Å²) in [5, 5.41) is 11.8. The van der Waals surface area contributed by atoms with Gasteiger partial charge in [-0.2, -0.15) is 0 Å². The lowest BCUT2D eigenvalue weighted by molar-refractivity contribution is -0.146. The molecule has 3 N–H and O–H groups in total. The Balaban J connectivity index is 2.16. The first kappa shape index (κ1) is 18.2. The van der Waals surface area contributed by atoms with E-state index in [2.05, 4.69) is 10.0 Å². The highest BCUT2D eigenvalue weighted by Gasteiger charge is 2.42. The zero-order valence-electron chi connectivity index (χ0n) is 13.8. The number of amides is 2.